The van der Waals surface area contributed by atoms with Gasteiger partial charge in [-0.15, -0.1) is 0 Å². The Labute approximate surface area is 115 Å². The van der Waals surface area contributed by atoms with Gasteiger partial charge in [0.25, 0.3) is 0 Å². The lowest BCUT2D eigenvalue weighted by atomic mass is 10.3. The van der Waals surface area contributed by atoms with E-state index in [2.05, 4.69) is 0 Å². The number of rotatable bonds is 2. The Bertz CT molecular complexity index is 682. The van der Waals surface area contributed by atoms with Crippen LogP contribution in [0.25, 0.3) is 0 Å². The zero-order valence-corrected chi connectivity index (χ0v) is 11.3. The molecule has 2 aromatic carbocycles. The van der Waals surface area contributed by atoms with Gasteiger partial charge >= 0.3 is 0 Å². The molecule has 0 saturated heterocycles. The first-order valence-corrected chi connectivity index (χ1v) is 7.15. The fraction of sp³-hybridized carbons (Fsp3) is 0. The summed E-state index contributed by atoms with van der Waals surface area (Å²) in [7, 11) is -3.74. The van der Waals surface area contributed by atoms with E-state index in [0.717, 1.165) is 0 Å². The lowest BCUT2D eigenvalue weighted by Gasteiger charge is -2.08. The van der Waals surface area contributed by atoms with Crippen LogP contribution in [0.5, 0.6) is 5.75 Å². The standard InChI is InChI=1S/C12H8Cl2O3S/c13-11-9(15)6-7-10(12(11)14)18(16,17)8-4-2-1-3-5-8/h1-7,15H. The lowest BCUT2D eigenvalue weighted by molar-refractivity contribution is 0.475. The Balaban J connectivity index is 2.67. The predicted octanol–water partition coefficient (Wildman–Crippen LogP) is 3.53. The van der Waals surface area contributed by atoms with E-state index >= 15 is 0 Å². The third kappa shape index (κ3) is 2.19. The smallest absolute Gasteiger partial charge is 0.208 e. The van der Waals surface area contributed by atoms with Gasteiger partial charge in [-0.1, -0.05) is 41.4 Å². The van der Waals surface area contributed by atoms with E-state index in [-0.39, 0.29) is 25.6 Å². The molecule has 0 saturated carbocycles. The van der Waals surface area contributed by atoms with E-state index < -0.39 is 9.84 Å². The Hall–Kier alpha value is -1.23. The molecule has 0 aromatic heterocycles. The van der Waals surface area contributed by atoms with Crippen LogP contribution in [-0.4, -0.2) is 13.5 Å². The SMILES string of the molecule is O=S(=O)(c1ccccc1)c1ccc(O)c(Cl)c1Cl. The minimum Gasteiger partial charge on any atom is -0.506 e. The van der Waals surface area contributed by atoms with E-state index in [1.54, 1.807) is 18.2 Å². The number of benzene rings is 2. The molecule has 2 aromatic rings. The molecule has 0 spiro atoms. The third-order valence-corrected chi connectivity index (χ3v) is 5.17. The van der Waals surface area contributed by atoms with Gasteiger partial charge in [0.05, 0.1) is 14.8 Å². The summed E-state index contributed by atoms with van der Waals surface area (Å²) in [4.78, 5) is -0.00757. The third-order valence-electron chi connectivity index (χ3n) is 2.37. The van der Waals surface area contributed by atoms with Crippen LogP contribution in [0.4, 0.5) is 0 Å². The van der Waals surface area contributed by atoms with Crippen LogP contribution in [0.15, 0.2) is 52.3 Å². The van der Waals surface area contributed by atoms with Crippen LogP contribution < -0.4 is 0 Å². The maximum absolute atomic E-state index is 12.3. The first-order valence-electron chi connectivity index (χ1n) is 4.91. The van der Waals surface area contributed by atoms with Gasteiger partial charge < -0.3 is 5.11 Å². The van der Waals surface area contributed by atoms with Crippen molar-refractivity contribution in [2.75, 3.05) is 0 Å². The number of hydrogen-bond donors (Lipinski definition) is 1. The average molecular weight is 303 g/mol. The van der Waals surface area contributed by atoms with Crippen LogP contribution in [0.1, 0.15) is 0 Å². The van der Waals surface area contributed by atoms with Crippen LogP contribution in [-0.2, 0) is 9.84 Å². The topological polar surface area (TPSA) is 54.4 Å². The summed E-state index contributed by atoms with van der Waals surface area (Å²) in [6.07, 6.45) is 0. The van der Waals surface area contributed by atoms with Gasteiger partial charge in [0.2, 0.25) is 9.84 Å². The molecule has 0 heterocycles. The zero-order valence-electron chi connectivity index (χ0n) is 8.97. The number of halogens is 2. The molecule has 0 amide bonds. The summed E-state index contributed by atoms with van der Waals surface area (Å²) in [6, 6.07) is 10.3. The highest BCUT2D eigenvalue weighted by Crippen LogP contribution is 2.37. The van der Waals surface area contributed by atoms with Crippen LogP contribution in [0.2, 0.25) is 10.0 Å². The first-order chi connectivity index (χ1) is 8.44. The monoisotopic (exact) mass is 302 g/mol. The molecule has 0 unspecified atom stereocenters. The highest BCUT2D eigenvalue weighted by molar-refractivity contribution is 7.91. The molecular weight excluding hydrogens is 295 g/mol. The van der Waals surface area contributed by atoms with Crippen molar-refractivity contribution in [2.45, 2.75) is 9.79 Å². The Morgan fingerprint density at radius 3 is 2.11 bits per heavy atom. The molecule has 0 bridgehead atoms. The van der Waals surface area contributed by atoms with Crippen molar-refractivity contribution in [1.82, 2.24) is 0 Å². The average Bonchev–Trinajstić information content (AvgIpc) is 2.37. The van der Waals surface area contributed by atoms with Crippen molar-refractivity contribution in [2.24, 2.45) is 0 Å². The van der Waals surface area contributed by atoms with E-state index in [0.29, 0.717) is 0 Å². The van der Waals surface area contributed by atoms with Crippen molar-refractivity contribution in [3.63, 3.8) is 0 Å². The second-order valence-electron chi connectivity index (χ2n) is 3.53. The van der Waals surface area contributed by atoms with Crippen LogP contribution in [0.3, 0.4) is 0 Å². The van der Waals surface area contributed by atoms with E-state index in [1.165, 1.54) is 24.3 Å². The molecule has 2 rings (SSSR count). The van der Waals surface area contributed by atoms with Crippen molar-refractivity contribution < 1.29 is 13.5 Å². The Kier molecular flexibility index (Phi) is 3.52. The Morgan fingerprint density at radius 2 is 1.50 bits per heavy atom. The molecule has 0 aliphatic rings. The van der Waals surface area contributed by atoms with Crippen molar-refractivity contribution in [1.29, 1.82) is 0 Å². The molecule has 94 valence electrons. The fourth-order valence-electron chi connectivity index (χ4n) is 1.46. The number of phenols is 1. The quantitative estimate of drug-likeness (QED) is 0.923. The summed E-state index contributed by atoms with van der Waals surface area (Å²) >= 11 is 11.6. The summed E-state index contributed by atoms with van der Waals surface area (Å²) in [6.45, 7) is 0. The van der Waals surface area contributed by atoms with Gasteiger partial charge in [0.1, 0.15) is 10.8 Å². The van der Waals surface area contributed by atoms with Crippen molar-refractivity contribution >= 4 is 33.0 Å². The summed E-state index contributed by atoms with van der Waals surface area (Å²) in [5, 5.41) is 9.00. The molecular formula is C12H8Cl2O3S. The predicted molar refractivity (Wildman–Crippen MR) is 70.0 cm³/mol. The highest BCUT2D eigenvalue weighted by Gasteiger charge is 2.23. The van der Waals surface area contributed by atoms with Crippen LogP contribution in [0, 0.1) is 0 Å². The summed E-state index contributed by atoms with van der Waals surface area (Å²) in [5.74, 6) is -0.256. The molecule has 3 nitrogen and oxygen atoms in total. The number of aromatic hydroxyl groups is 1. The van der Waals surface area contributed by atoms with Crippen molar-refractivity contribution in [3.8, 4) is 5.75 Å². The van der Waals surface area contributed by atoms with Gasteiger partial charge in [-0.05, 0) is 24.3 Å². The van der Waals surface area contributed by atoms with Gasteiger partial charge in [-0.3, -0.25) is 0 Å². The van der Waals surface area contributed by atoms with Crippen LogP contribution >= 0.6 is 23.2 Å². The maximum atomic E-state index is 12.3. The van der Waals surface area contributed by atoms with Crippen molar-refractivity contribution in [3.05, 3.63) is 52.5 Å². The molecule has 1 N–H and O–H groups in total. The van der Waals surface area contributed by atoms with Gasteiger partial charge in [0, 0.05) is 0 Å². The number of sulfone groups is 1. The van der Waals surface area contributed by atoms with E-state index in [1.807, 2.05) is 0 Å². The maximum Gasteiger partial charge on any atom is 0.208 e. The number of hydrogen-bond acceptors (Lipinski definition) is 3. The molecule has 0 aliphatic heterocycles. The normalized spacial score (nSPS) is 11.4. The minimum atomic E-state index is -3.74. The largest absolute Gasteiger partial charge is 0.506 e. The second kappa shape index (κ2) is 4.80. The van der Waals surface area contributed by atoms with E-state index in [4.69, 9.17) is 23.2 Å². The highest BCUT2D eigenvalue weighted by atomic mass is 35.5. The molecule has 0 aliphatic carbocycles. The Morgan fingerprint density at radius 1 is 0.889 bits per heavy atom. The lowest BCUT2D eigenvalue weighted by Crippen LogP contribution is -2.02. The number of phenolic OH excluding ortho intramolecular Hbond substituents is 1. The zero-order chi connectivity index (χ0) is 13.3. The summed E-state index contributed by atoms with van der Waals surface area (Å²) < 4.78 is 24.6. The molecule has 18 heavy (non-hydrogen) atoms. The molecule has 6 heteroatoms. The molecule has 0 fully saturated rings. The minimum absolute atomic E-state index is 0.119. The summed E-state index contributed by atoms with van der Waals surface area (Å²) in [5.41, 5.74) is 0. The van der Waals surface area contributed by atoms with Gasteiger partial charge in [0.15, 0.2) is 0 Å². The van der Waals surface area contributed by atoms with Gasteiger partial charge in [-0.25, -0.2) is 8.42 Å². The first kappa shape index (κ1) is 13.2. The van der Waals surface area contributed by atoms with Gasteiger partial charge in [-0.2, -0.15) is 0 Å². The van der Waals surface area contributed by atoms with E-state index in [9.17, 15) is 13.5 Å². The molecule has 0 atom stereocenters. The fourth-order valence-corrected chi connectivity index (χ4v) is 3.50. The second-order valence-corrected chi connectivity index (χ2v) is 6.20. The molecule has 0 radical (unpaired) electrons.